The third-order valence-corrected chi connectivity index (χ3v) is 6.73. The van der Waals surface area contributed by atoms with E-state index in [1.54, 1.807) is 68.4 Å². The SMILES string of the molecule is CC1(C)NC2=C(O[P+]1([O-])Oc1ccccc1)C(=O)c1ccccc1C2=O. The third-order valence-electron chi connectivity index (χ3n) is 4.37. The smallest absolute Gasteiger partial charge is 0.357 e. The van der Waals surface area contributed by atoms with Crippen LogP contribution in [0, 0.1) is 0 Å². The molecule has 0 fully saturated rings. The van der Waals surface area contributed by atoms with E-state index in [4.69, 9.17) is 9.05 Å². The highest BCUT2D eigenvalue weighted by molar-refractivity contribution is 7.61. The molecule has 6 nitrogen and oxygen atoms in total. The van der Waals surface area contributed by atoms with Crippen LogP contribution in [0.3, 0.4) is 0 Å². The first-order chi connectivity index (χ1) is 12.3. The van der Waals surface area contributed by atoms with Crippen molar-refractivity contribution in [1.29, 1.82) is 0 Å². The number of hydrogen-bond donors (Lipinski definition) is 1. The highest BCUT2D eigenvalue weighted by Gasteiger charge is 2.59. The maximum atomic E-state index is 13.5. The lowest BCUT2D eigenvalue weighted by molar-refractivity contribution is -0.215. The van der Waals surface area contributed by atoms with E-state index in [0.717, 1.165) is 0 Å². The Hall–Kier alpha value is -2.69. The van der Waals surface area contributed by atoms with Gasteiger partial charge in [0.05, 0.1) is 0 Å². The van der Waals surface area contributed by atoms with Crippen LogP contribution in [0.15, 0.2) is 66.1 Å². The maximum Gasteiger partial charge on any atom is 0.357 e. The lowest BCUT2D eigenvalue weighted by atomic mass is 9.91. The number of allylic oxidation sites excluding steroid dienone is 2. The van der Waals surface area contributed by atoms with E-state index < -0.39 is 19.0 Å². The van der Waals surface area contributed by atoms with Gasteiger partial charge >= 0.3 is 7.94 Å². The number of para-hydroxylation sites is 1. The van der Waals surface area contributed by atoms with Gasteiger partial charge in [-0.25, -0.2) is 0 Å². The number of hydrogen-bond acceptors (Lipinski definition) is 6. The van der Waals surface area contributed by atoms with E-state index in [1.165, 1.54) is 0 Å². The highest BCUT2D eigenvalue weighted by atomic mass is 31.2. The molecule has 0 radical (unpaired) electrons. The summed E-state index contributed by atoms with van der Waals surface area (Å²) in [6.45, 7) is 3.22. The molecule has 0 saturated carbocycles. The van der Waals surface area contributed by atoms with Crippen molar-refractivity contribution in [2.75, 3.05) is 0 Å². The van der Waals surface area contributed by atoms with E-state index >= 15 is 0 Å². The number of carbonyl (C=O) groups excluding carboxylic acids is 2. The van der Waals surface area contributed by atoms with E-state index in [9.17, 15) is 14.5 Å². The molecule has 0 spiro atoms. The molecule has 1 aliphatic heterocycles. The summed E-state index contributed by atoms with van der Waals surface area (Å²) in [4.78, 5) is 39.0. The van der Waals surface area contributed by atoms with Crippen molar-refractivity contribution in [1.82, 2.24) is 5.32 Å². The molecule has 132 valence electrons. The van der Waals surface area contributed by atoms with Crippen molar-refractivity contribution in [2.24, 2.45) is 0 Å². The number of ketones is 2. The van der Waals surface area contributed by atoms with Crippen LogP contribution < -0.4 is 14.7 Å². The van der Waals surface area contributed by atoms with Crippen molar-refractivity contribution in [2.45, 2.75) is 19.1 Å². The number of Topliss-reactive ketones (excluding diaryl/α,β-unsaturated/α-hetero) is 2. The molecular weight excluding hydrogens is 353 g/mol. The molecule has 1 atom stereocenters. The van der Waals surface area contributed by atoms with Gasteiger partial charge in [-0.05, 0) is 12.1 Å². The molecule has 2 aromatic carbocycles. The second kappa shape index (κ2) is 5.66. The molecule has 4 rings (SSSR count). The van der Waals surface area contributed by atoms with E-state index in [-0.39, 0.29) is 22.8 Å². The van der Waals surface area contributed by atoms with Gasteiger partial charge in [0.1, 0.15) is 5.70 Å². The Kier molecular flexibility index (Phi) is 3.65. The number of benzene rings is 2. The quantitative estimate of drug-likeness (QED) is 0.819. The first-order valence-electron chi connectivity index (χ1n) is 8.08. The first-order valence-corrected chi connectivity index (χ1v) is 9.62. The Balaban J connectivity index is 1.78. The molecule has 0 bridgehead atoms. The van der Waals surface area contributed by atoms with Crippen molar-refractivity contribution >= 4 is 19.5 Å². The summed E-state index contributed by atoms with van der Waals surface area (Å²) in [7, 11) is -3.85. The fraction of sp³-hybridized carbons (Fsp3) is 0.158. The molecule has 1 unspecified atom stereocenters. The van der Waals surface area contributed by atoms with Crippen LogP contribution in [0.5, 0.6) is 5.75 Å². The minimum atomic E-state index is -3.85. The van der Waals surface area contributed by atoms with Gasteiger partial charge < -0.3 is 19.3 Å². The largest absolute Gasteiger partial charge is 0.615 e. The lowest BCUT2D eigenvalue weighted by Gasteiger charge is -2.44. The van der Waals surface area contributed by atoms with Gasteiger partial charge in [-0.1, -0.05) is 42.5 Å². The number of rotatable bonds is 2. The van der Waals surface area contributed by atoms with Crippen LogP contribution in [0.1, 0.15) is 34.6 Å². The first kappa shape index (κ1) is 16.8. The van der Waals surface area contributed by atoms with Crippen LogP contribution in [-0.2, 0) is 4.52 Å². The van der Waals surface area contributed by atoms with Gasteiger partial charge in [0.15, 0.2) is 5.75 Å². The normalized spacial score (nSPS) is 23.5. The van der Waals surface area contributed by atoms with Gasteiger partial charge in [-0.2, -0.15) is 0 Å². The standard InChI is InChI=1S/C19H16NO5P/c1-19(2)20-15-16(21)13-10-6-7-11-14(13)17(22)18(15)25-26(19,23)24-12-8-4-3-5-9-12/h3-11,20H,1-2H3. The topological polar surface area (TPSA) is 87.7 Å². The summed E-state index contributed by atoms with van der Waals surface area (Å²) in [5.41, 5.74) is 0.537. The second-order valence-electron chi connectivity index (χ2n) is 6.59. The molecule has 26 heavy (non-hydrogen) atoms. The van der Waals surface area contributed by atoms with Crippen LogP contribution in [0.2, 0.25) is 0 Å². The fourth-order valence-electron chi connectivity index (χ4n) is 2.91. The molecule has 0 aromatic heterocycles. The van der Waals surface area contributed by atoms with Gasteiger partial charge in [-0.15, -0.1) is 0 Å². The third kappa shape index (κ3) is 2.42. The van der Waals surface area contributed by atoms with Gasteiger partial charge in [0.25, 0.3) is 5.76 Å². The maximum absolute atomic E-state index is 13.5. The second-order valence-corrected chi connectivity index (χ2v) is 9.06. The molecule has 0 saturated heterocycles. The summed E-state index contributed by atoms with van der Waals surface area (Å²) < 4.78 is 11.3. The van der Waals surface area contributed by atoms with Crippen LogP contribution in [0.4, 0.5) is 0 Å². The molecule has 2 aliphatic rings. The Morgan fingerprint density at radius 1 is 0.962 bits per heavy atom. The predicted molar refractivity (Wildman–Crippen MR) is 94.4 cm³/mol. The van der Waals surface area contributed by atoms with Crippen molar-refractivity contribution < 1.29 is 23.5 Å². The van der Waals surface area contributed by atoms with Crippen molar-refractivity contribution in [3.63, 3.8) is 0 Å². The highest BCUT2D eigenvalue weighted by Crippen LogP contribution is 2.65. The summed E-state index contributed by atoms with van der Waals surface area (Å²) in [5.74, 6) is -0.763. The number of nitrogens with one attached hydrogen (secondary N) is 1. The average Bonchev–Trinajstić information content (AvgIpc) is 2.62. The molecule has 1 N–H and O–H groups in total. The Labute approximate surface area is 151 Å². The Bertz CT molecular complexity index is 953. The van der Waals surface area contributed by atoms with Gasteiger partial charge in [-0.3, -0.25) is 9.59 Å². The van der Waals surface area contributed by atoms with E-state index in [1.807, 2.05) is 0 Å². The van der Waals surface area contributed by atoms with Crippen molar-refractivity contribution in [3.8, 4) is 5.75 Å². The molecule has 7 heteroatoms. The lowest BCUT2D eigenvalue weighted by Crippen LogP contribution is -2.53. The minimum absolute atomic E-state index is 0.0156. The summed E-state index contributed by atoms with van der Waals surface area (Å²) in [6, 6.07) is 15.1. The number of carbonyl (C=O) groups is 2. The summed E-state index contributed by atoms with van der Waals surface area (Å²) in [6.07, 6.45) is 0. The zero-order valence-corrected chi connectivity index (χ0v) is 15.1. The number of fused-ring (bicyclic) bond motifs is 1. The van der Waals surface area contributed by atoms with Crippen LogP contribution >= 0.6 is 7.94 Å². The average molecular weight is 369 g/mol. The zero-order valence-electron chi connectivity index (χ0n) is 14.2. The van der Waals surface area contributed by atoms with E-state index in [2.05, 4.69) is 5.32 Å². The molecule has 2 aromatic rings. The summed E-state index contributed by atoms with van der Waals surface area (Å²) in [5, 5.41) is 1.72. The van der Waals surface area contributed by atoms with Crippen LogP contribution in [0.25, 0.3) is 0 Å². The summed E-state index contributed by atoms with van der Waals surface area (Å²) >= 11 is 0. The molecule has 1 aliphatic carbocycles. The van der Waals surface area contributed by atoms with Crippen LogP contribution in [-0.4, -0.2) is 16.8 Å². The Morgan fingerprint density at radius 3 is 2.19 bits per heavy atom. The minimum Gasteiger partial charge on any atom is -0.615 e. The van der Waals surface area contributed by atoms with Crippen molar-refractivity contribution in [3.05, 3.63) is 77.2 Å². The molecular formula is C19H16NO5P. The zero-order chi connectivity index (χ0) is 18.5. The monoisotopic (exact) mass is 369 g/mol. The van der Waals surface area contributed by atoms with Gasteiger partial charge in [0.2, 0.25) is 16.8 Å². The Morgan fingerprint density at radius 2 is 1.54 bits per heavy atom. The molecule has 1 heterocycles. The fourth-order valence-corrected chi connectivity index (χ4v) is 4.47. The molecule has 0 amide bonds. The van der Waals surface area contributed by atoms with Gasteiger partial charge in [0, 0.05) is 25.0 Å². The van der Waals surface area contributed by atoms with E-state index in [0.29, 0.717) is 11.3 Å². The predicted octanol–water partition coefficient (Wildman–Crippen LogP) is 2.84.